The fourth-order valence-corrected chi connectivity index (χ4v) is 3.74. The first-order valence-electron chi connectivity index (χ1n) is 10.5. The zero-order valence-electron chi connectivity index (χ0n) is 18.1. The number of hydrogen-bond donors (Lipinski definition) is 3. The second kappa shape index (κ2) is 12.8. The topological polar surface area (TPSA) is 83.1 Å². The number of rotatable bonds is 12. The lowest BCUT2D eigenvalue weighted by Gasteiger charge is -2.16. The summed E-state index contributed by atoms with van der Waals surface area (Å²) < 4.78 is 0. The lowest BCUT2D eigenvalue weighted by Crippen LogP contribution is -2.45. The Kier molecular flexibility index (Phi) is 9.43. The van der Waals surface area contributed by atoms with E-state index >= 15 is 0 Å². The van der Waals surface area contributed by atoms with Gasteiger partial charge in [-0.3, -0.25) is 15.2 Å². The van der Waals surface area contributed by atoms with Crippen molar-refractivity contribution in [1.29, 1.82) is 0 Å². The van der Waals surface area contributed by atoms with E-state index in [1.807, 2.05) is 73.1 Å². The van der Waals surface area contributed by atoms with E-state index in [-0.39, 0.29) is 5.91 Å². The molecule has 2 aromatic carbocycles. The normalized spacial score (nSPS) is 11.7. The monoisotopic (exact) mass is 448 g/mol. The molecule has 0 fully saturated rings. The molecule has 6 nitrogen and oxygen atoms in total. The van der Waals surface area contributed by atoms with Crippen LogP contribution in [0.2, 0.25) is 0 Å². The molecule has 1 aromatic heterocycles. The van der Waals surface area contributed by atoms with Crippen molar-refractivity contribution in [3.63, 3.8) is 0 Å². The van der Waals surface area contributed by atoms with Crippen LogP contribution in [-0.4, -0.2) is 35.2 Å². The third kappa shape index (κ3) is 7.02. The number of nitrogens with one attached hydrogen (secondary N) is 3. The molecule has 3 aromatic rings. The van der Waals surface area contributed by atoms with Gasteiger partial charge >= 0.3 is 0 Å². The van der Waals surface area contributed by atoms with Crippen molar-refractivity contribution < 1.29 is 9.59 Å². The van der Waals surface area contributed by atoms with Gasteiger partial charge in [0.2, 0.25) is 0 Å². The molecule has 0 saturated heterocycles. The first kappa shape index (κ1) is 23.7. The Labute approximate surface area is 193 Å². The summed E-state index contributed by atoms with van der Waals surface area (Å²) in [4.78, 5) is 28.3. The molecule has 32 heavy (non-hydrogen) atoms. The Morgan fingerprint density at radius 1 is 1.06 bits per heavy atom. The van der Waals surface area contributed by atoms with Crippen LogP contribution >= 0.6 is 11.8 Å². The molecule has 0 aliphatic carbocycles. The summed E-state index contributed by atoms with van der Waals surface area (Å²) >= 11 is 1.66. The molecule has 0 bridgehead atoms. The summed E-state index contributed by atoms with van der Waals surface area (Å²) in [7, 11) is 0. The lowest BCUT2D eigenvalue weighted by atomic mass is 9.96. The number of amides is 1. The van der Waals surface area contributed by atoms with E-state index in [4.69, 9.17) is 0 Å². The number of benzene rings is 2. The van der Waals surface area contributed by atoms with E-state index in [1.165, 1.54) is 0 Å². The summed E-state index contributed by atoms with van der Waals surface area (Å²) in [6.45, 7) is 1.38. The second-order valence-corrected chi connectivity index (χ2v) is 8.32. The zero-order valence-corrected chi connectivity index (χ0v) is 18.9. The van der Waals surface area contributed by atoms with Crippen molar-refractivity contribution in [3.8, 4) is 11.1 Å². The Balaban J connectivity index is 1.73. The molecule has 3 rings (SSSR count). The van der Waals surface area contributed by atoms with E-state index in [1.54, 1.807) is 18.0 Å². The van der Waals surface area contributed by atoms with Gasteiger partial charge in [-0.15, -0.1) is 0 Å². The summed E-state index contributed by atoms with van der Waals surface area (Å²) in [6.07, 6.45) is 7.06. The predicted molar refractivity (Wildman–Crippen MR) is 130 cm³/mol. The van der Waals surface area contributed by atoms with Crippen molar-refractivity contribution >= 4 is 24.0 Å². The Morgan fingerprint density at radius 2 is 1.88 bits per heavy atom. The molecular weight excluding hydrogens is 420 g/mol. The number of hydrazine groups is 1. The summed E-state index contributed by atoms with van der Waals surface area (Å²) in [6, 6.07) is 19.2. The molecule has 1 atom stereocenters. The van der Waals surface area contributed by atoms with Gasteiger partial charge in [-0.05, 0) is 58.9 Å². The van der Waals surface area contributed by atoms with Crippen LogP contribution in [0.3, 0.4) is 0 Å². The number of nitrogens with zero attached hydrogens (tertiary/aromatic N) is 1. The average Bonchev–Trinajstić information content (AvgIpc) is 2.85. The molecule has 0 aliphatic heterocycles. The second-order valence-electron chi connectivity index (χ2n) is 7.33. The molecule has 0 radical (unpaired) electrons. The van der Waals surface area contributed by atoms with E-state index < -0.39 is 6.04 Å². The van der Waals surface area contributed by atoms with Gasteiger partial charge in [-0.25, -0.2) is 5.43 Å². The van der Waals surface area contributed by atoms with Crippen LogP contribution < -0.4 is 16.2 Å². The molecular formula is C25H28N4O2S. The number of aromatic nitrogens is 1. The van der Waals surface area contributed by atoms with Gasteiger partial charge in [0.05, 0.1) is 6.04 Å². The van der Waals surface area contributed by atoms with Gasteiger partial charge in [-0.2, -0.15) is 11.8 Å². The number of carbonyl (C=O) groups is 2. The standard InChI is InChI=1S/C25H28N4O2S/c1-32-13-11-22(18-30)28-29-25(31)23-10-9-19(14-24(23)21-7-3-2-4-8-21)15-27-17-20-6-5-12-26-16-20/h2-10,12,14,16,18,22,27-28H,11,13,15,17H2,1H3,(H,29,31)/t22-/m1/s1. The summed E-state index contributed by atoms with van der Waals surface area (Å²) in [5, 5.41) is 3.42. The maximum absolute atomic E-state index is 12.9. The highest BCUT2D eigenvalue weighted by atomic mass is 32.2. The fourth-order valence-electron chi connectivity index (χ4n) is 3.25. The maximum atomic E-state index is 12.9. The van der Waals surface area contributed by atoms with E-state index in [0.717, 1.165) is 34.3 Å². The maximum Gasteiger partial charge on any atom is 0.266 e. The fraction of sp³-hybridized carbons (Fsp3) is 0.240. The summed E-state index contributed by atoms with van der Waals surface area (Å²) in [5.41, 5.74) is 10.1. The first-order valence-corrected chi connectivity index (χ1v) is 11.9. The number of hydrogen-bond acceptors (Lipinski definition) is 6. The van der Waals surface area contributed by atoms with E-state index in [0.29, 0.717) is 25.1 Å². The molecule has 1 heterocycles. The number of pyridine rings is 1. The molecule has 3 N–H and O–H groups in total. The van der Waals surface area contributed by atoms with Crippen molar-refractivity contribution in [2.24, 2.45) is 0 Å². The molecule has 166 valence electrons. The van der Waals surface area contributed by atoms with Gasteiger partial charge in [-0.1, -0.05) is 42.5 Å². The highest BCUT2D eigenvalue weighted by Crippen LogP contribution is 2.25. The predicted octanol–water partition coefficient (Wildman–Crippen LogP) is 3.59. The van der Waals surface area contributed by atoms with Crippen molar-refractivity contribution in [1.82, 2.24) is 21.2 Å². The van der Waals surface area contributed by atoms with Gasteiger partial charge in [0.1, 0.15) is 6.29 Å². The Morgan fingerprint density at radius 3 is 2.59 bits per heavy atom. The zero-order chi connectivity index (χ0) is 22.6. The molecule has 1 amide bonds. The number of aldehydes is 1. The van der Waals surface area contributed by atoms with E-state index in [2.05, 4.69) is 21.2 Å². The highest BCUT2D eigenvalue weighted by Gasteiger charge is 2.15. The largest absolute Gasteiger partial charge is 0.309 e. The van der Waals surface area contributed by atoms with Crippen LogP contribution in [0.4, 0.5) is 0 Å². The van der Waals surface area contributed by atoms with Crippen LogP contribution in [-0.2, 0) is 17.9 Å². The van der Waals surface area contributed by atoms with Gasteiger partial charge < -0.3 is 10.1 Å². The highest BCUT2D eigenvalue weighted by molar-refractivity contribution is 7.98. The quantitative estimate of drug-likeness (QED) is 0.290. The molecule has 0 unspecified atom stereocenters. The Hall–Kier alpha value is -3.00. The Bertz CT molecular complexity index is 999. The first-order chi connectivity index (χ1) is 15.7. The molecule has 7 heteroatoms. The van der Waals surface area contributed by atoms with Crippen LogP contribution in [0.5, 0.6) is 0 Å². The third-order valence-electron chi connectivity index (χ3n) is 4.96. The molecule has 0 saturated carbocycles. The van der Waals surface area contributed by atoms with E-state index in [9.17, 15) is 9.59 Å². The SMILES string of the molecule is CSCC[C@H](C=O)NNC(=O)c1ccc(CNCc2cccnc2)cc1-c1ccccc1. The van der Waals surface area contributed by atoms with Gasteiger partial charge in [0.15, 0.2) is 0 Å². The average molecular weight is 449 g/mol. The minimum Gasteiger partial charge on any atom is -0.309 e. The minimum atomic E-state index is -0.414. The summed E-state index contributed by atoms with van der Waals surface area (Å²) in [5.74, 6) is 0.567. The minimum absolute atomic E-state index is 0.269. The van der Waals surface area contributed by atoms with Crippen molar-refractivity contribution in [2.75, 3.05) is 12.0 Å². The van der Waals surface area contributed by atoms with Crippen molar-refractivity contribution in [3.05, 3.63) is 89.7 Å². The molecule has 0 spiro atoms. The lowest BCUT2D eigenvalue weighted by molar-refractivity contribution is -0.109. The van der Waals surface area contributed by atoms with Gasteiger partial charge in [0, 0.05) is 31.0 Å². The number of carbonyl (C=O) groups excluding carboxylic acids is 2. The van der Waals surface area contributed by atoms with Crippen molar-refractivity contribution in [2.45, 2.75) is 25.6 Å². The molecule has 0 aliphatic rings. The van der Waals surface area contributed by atoms with Crippen LogP contribution in [0.25, 0.3) is 11.1 Å². The van der Waals surface area contributed by atoms with Crippen LogP contribution in [0.1, 0.15) is 27.9 Å². The van der Waals surface area contributed by atoms with Crippen LogP contribution in [0.15, 0.2) is 73.1 Å². The number of thioether (sulfide) groups is 1. The smallest absolute Gasteiger partial charge is 0.266 e. The third-order valence-corrected chi connectivity index (χ3v) is 5.61. The van der Waals surface area contributed by atoms with Gasteiger partial charge in [0.25, 0.3) is 5.91 Å². The van der Waals surface area contributed by atoms with Crippen LogP contribution in [0, 0.1) is 0 Å².